The average molecular weight is 409 g/mol. The quantitative estimate of drug-likeness (QED) is 0.426. The van der Waals surface area contributed by atoms with Gasteiger partial charge in [0.15, 0.2) is 0 Å². The molecule has 0 unspecified atom stereocenters. The van der Waals surface area contributed by atoms with Crippen LogP contribution in [0.25, 0.3) is 11.5 Å². The van der Waals surface area contributed by atoms with E-state index in [4.69, 9.17) is 11.6 Å². The van der Waals surface area contributed by atoms with Crippen LogP contribution in [-0.4, -0.2) is 26.5 Å². The number of pyridine rings is 1. The highest BCUT2D eigenvalue weighted by atomic mass is 19.1. The predicted molar refractivity (Wildman–Crippen MR) is 114 cm³/mol. The Kier molecular flexibility index (Phi) is 6.12. The molecule has 0 bridgehead atoms. The van der Waals surface area contributed by atoms with Crippen molar-refractivity contribution in [1.29, 1.82) is 0 Å². The third kappa shape index (κ3) is 4.64. The smallest absolute Gasteiger partial charge is 0.253 e. The van der Waals surface area contributed by atoms with Gasteiger partial charge < -0.3 is 11.1 Å². The van der Waals surface area contributed by atoms with Crippen molar-refractivity contribution >= 4 is 17.3 Å². The van der Waals surface area contributed by atoms with Crippen LogP contribution in [0, 0.1) is 5.82 Å². The Morgan fingerprint density at radius 3 is 2.43 bits per heavy atom. The first-order valence-corrected chi connectivity index (χ1v) is 9.34. The highest BCUT2D eigenvalue weighted by molar-refractivity contribution is 5.94. The van der Waals surface area contributed by atoms with Gasteiger partial charge in [-0.25, -0.2) is 20.2 Å². The SMILES string of the molecule is C/C(N)=C(\c1cn(-c2ccc(C(=O)NC(C)C)cn2)cn1)N(N)c1ccc(F)cc1. The maximum Gasteiger partial charge on any atom is 0.253 e. The molecule has 5 N–H and O–H groups in total. The molecule has 0 saturated carbocycles. The molecule has 0 saturated heterocycles. The lowest BCUT2D eigenvalue weighted by Crippen LogP contribution is -2.31. The maximum atomic E-state index is 13.2. The highest BCUT2D eigenvalue weighted by Crippen LogP contribution is 2.24. The maximum absolute atomic E-state index is 13.2. The van der Waals surface area contributed by atoms with Gasteiger partial charge in [-0.2, -0.15) is 0 Å². The summed E-state index contributed by atoms with van der Waals surface area (Å²) in [5.74, 6) is 6.26. The minimum absolute atomic E-state index is 0.0402. The van der Waals surface area contributed by atoms with Crippen LogP contribution < -0.4 is 21.9 Å². The Labute approximate surface area is 174 Å². The van der Waals surface area contributed by atoms with Gasteiger partial charge in [0.1, 0.15) is 29.4 Å². The number of nitrogens with one attached hydrogen (secondary N) is 1. The summed E-state index contributed by atoms with van der Waals surface area (Å²) in [6, 6.07) is 9.20. The molecular formula is C21H24FN7O. The lowest BCUT2D eigenvalue weighted by molar-refractivity contribution is 0.0943. The number of imidazole rings is 1. The molecular weight excluding hydrogens is 385 g/mol. The number of halogens is 1. The number of rotatable bonds is 6. The molecule has 156 valence electrons. The van der Waals surface area contributed by atoms with Crippen LogP contribution in [0.1, 0.15) is 36.8 Å². The molecule has 3 aromatic rings. The lowest BCUT2D eigenvalue weighted by atomic mass is 10.2. The summed E-state index contributed by atoms with van der Waals surface area (Å²) in [4.78, 5) is 20.8. The van der Waals surface area contributed by atoms with E-state index in [1.807, 2.05) is 13.8 Å². The standard InChI is InChI=1S/C21H24FN7O/c1-13(2)27-21(30)15-4-9-19(25-10-15)28-11-18(26-12-28)20(14(3)23)29(24)17-7-5-16(22)6-8-17/h4-13H,23-24H2,1-3H3,(H,27,30)/b20-14-. The van der Waals surface area contributed by atoms with Gasteiger partial charge in [-0.15, -0.1) is 0 Å². The van der Waals surface area contributed by atoms with E-state index in [0.29, 0.717) is 34.2 Å². The van der Waals surface area contributed by atoms with Crippen molar-refractivity contribution in [3.05, 3.63) is 77.9 Å². The first-order chi connectivity index (χ1) is 14.3. The second-order valence-electron chi connectivity index (χ2n) is 7.08. The zero-order valence-electron chi connectivity index (χ0n) is 17.0. The van der Waals surface area contributed by atoms with Gasteiger partial charge in [0.25, 0.3) is 5.91 Å². The minimum Gasteiger partial charge on any atom is -0.400 e. The zero-order valence-corrected chi connectivity index (χ0v) is 17.0. The van der Waals surface area contributed by atoms with E-state index < -0.39 is 0 Å². The molecule has 3 rings (SSSR count). The fourth-order valence-corrected chi connectivity index (χ4v) is 2.84. The van der Waals surface area contributed by atoms with Gasteiger partial charge in [0.05, 0.1) is 11.3 Å². The number of carbonyl (C=O) groups is 1. The van der Waals surface area contributed by atoms with Crippen LogP contribution in [0.5, 0.6) is 0 Å². The molecule has 0 spiro atoms. The summed E-state index contributed by atoms with van der Waals surface area (Å²) >= 11 is 0. The molecule has 2 aromatic heterocycles. The van der Waals surface area contributed by atoms with Gasteiger partial charge in [-0.05, 0) is 57.2 Å². The molecule has 0 fully saturated rings. The van der Waals surface area contributed by atoms with Crippen LogP contribution in [-0.2, 0) is 0 Å². The van der Waals surface area contributed by atoms with Gasteiger partial charge in [0, 0.05) is 24.1 Å². The summed E-state index contributed by atoms with van der Waals surface area (Å²) in [5, 5.41) is 4.18. The van der Waals surface area contributed by atoms with E-state index >= 15 is 0 Å². The summed E-state index contributed by atoms with van der Waals surface area (Å²) in [6.07, 6.45) is 4.81. The number of amides is 1. The number of aromatic nitrogens is 3. The van der Waals surface area contributed by atoms with Gasteiger partial charge >= 0.3 is 0 Å². The monoisotopic (exact) mass is 409 g/mol. The normalized spacial score (nSPS) is 11.9. The van der Waals surface area contributed by atoms with Gasteiger partial charge in [-0.3, -0.25) is 14.4 Å². The van der Waals surface area contributed by atoms with E-state index in [9.17, 15) is 9.18 Å². The number of benzene rings is 1. The Morgan fingerprint density at radius 2 is 1.87 bits per heavy atom. The summed E-state index contributed by atoms with van der Waals surface area (Å²) in [7, 11) is 0. The highest BCUT2D eigenvalue weighted by Gasteiger charge is 2.17. The fourth-order valence-electron chi connectivity index (χ4n) is 2.84. The molecule has 0 radical (unpaired) electrons. The summed E-state index contributed by atoms with van der Waals surface area (Å²) in [6.45, 7) is 5.49. The average Bonchev–Trinajstić information content (AvgIpc) is 3.17. The lowest BCUT2D eigenvalue weighted by Gasteiger charge is -2.22. The number of nitrogens with two attached hydrogens (primary N) is 2. The number of nitrogens with zero attached hydrogens (tertiary/aromatic N) is 4. The molecule has 0 aliphatic rings. The minimum atomic E-state index is -0.358. The van der Waals surface area contributed by atoms with E-state index in [2.05, 4.69) is 15.3 Å². The van der Waals surface area contributed by atoms with Crippen molar-refractivity contribution in [2.24, 2.45) is 11.6 Å². The third-order valence-corrected chi connectivity index (χ3v) is 4.24. The van der Waals surface area contributed by atoms with Gasteiger partial charge in [-0.1, -0.05) is 0 Å². The Bertz CT molecular complexity index is 1050. The second kappa shape index (κ2) is 8.75. The summed E-state index contributed by atoms with van der Waals surface area (Å²) < 4.78 is 14.9. The van der Waals surface area contributed by atoms with Crippen molar-refractivity contribution in [3.63, 3.8) is 0 Å². The number of hydrogen-bond donors (Lipinski definition) is 3. The Hall–Kier alpha value is -3.72. The van der Waals surface area contributed by atoms with Crippen molar-refractivity contribution in [2.75, 3.05) is 5.01 Å². The molecule has 0 aliphatic heterocycles. The molecule has 30 heavy (non-hydrogen) atoms. The molecule has 2 heterocycles. The van der Waals surface area contributed by atoms with Gasteiger partial charge in [0.2, 0.25) is 0 Å². The van der Waals surface area contributed by atoms with Crippen LogP contribution in [0.15, 0.2) is 60.8 Å². The topological polar surface area (TPSA) is 115 Å². The number of allylic oxidation sites excluding steroid dienone is 1. The molecule has 9 heteroatoms. The van der Waals surface area contributed by atoms with E-state index in [1.165, 1.54) is 23.3 Å². The largest absolute Gasteiger partial charge is 0.400 e. The number of hydrazine groups is 1. The molecule has 1 amide bonds. The summed E-state index contributed by atoms with van der Waals surface area (Å²) in [5.41, 5.74) is 8.52. The number of carbonyl (C=O) groups excluding carboxylic acids is 1. The molecule has 1 aromatic carbocycles. The Balaban J connectivity index is 1.86. The first kappa shape index (κ1) is 21.0. The molecule has 0 aliphatic carbocycles. The fraction of sp³-hybridized carbons (Fsp3) is 0.190. The second-order valence-corrected chi connectivity index (χ2v) is 7.08. The third-order valence-electron chi connectivity index (χ3n) is 4.24. The number of hydrogen-bond acceptors (Lipinski definition) is 6. The van der Waals surface area contributed by atoms with Crippen molar-refractivity contribution in [2.45, 2.75) is 26.8 Å². The first-order valence-electron chi connectivity index (χ1n) is 9.34. The van der Waals surface area contributed by atoms with Crippen LogP contribution in [0.3, 0.4) is 0 Å². The number of anilines is 1. The van der Waals surface area contributed by atoms with Crippen LogP contribution in [0.2, 0.25) is 0 Å². The van der Waals surface area contributed by atoms with Crippen LogP contribution >= 0.6 is 0 Å². The molecule has 8 nitrogen and oxygen atoms in total. The van der Waals surface area contributed by atoms with E-state index in [1.54, 1.807) is 48.3 Å². The van der Waals surface area contributed by atoms with Crippen molar-refractivity contribution in [3.8, 4) is 5.82 Å². The predicted octanol–water partition coefficient (Wildman–Crippen LogP) is 2.57. The zero-order chi connectivity index (χ0) is 21.8. The van der Waals surface area contributed by atoms with Crippen molar-refractivity contribution < 1.29 is 9.18 Å². The van der Waals surface area contributed by atoms with Crippen molar-refractivity contribution in [1.82, 2.24) is 19.9 Å². The van der Waals surface area contributed by atoms with E-state index in [-0.39, 0.29) is 17.8 Å². The molecule has 0 atom stereocenters. The van der Waals surface area contributed by atoms with E-state index in [0.717, 1.165) is 0 Å². The Morgan fingerprint density at radius 1 is 1.17 bits per heavy atom. The van der Waals surface area contributed by atoms with Crippen LogP contribution in [0.4, 0.5) is 10.1 Å².